The Bertz CT molecular complexity index is 1160. The zero-order valence-electron chi connectivity index (χ0n) is 14.0. The molecule has 130 valence electrons. The van der Waals surface area contributed by atoms with Crippen molar-refractivity contribution in [1.29, 1.82) is 0 Å². The van der Waals surface area contributed by atoms with Gasteiger partial charge in [-0.2, -0.15) is 0 Å². The van der Waals surface area contributed by atoms with Crippen LogP contribution in [0.5, 0.6) is 0 Å². The first kappa shape index (κ1) is 16.1. The normalized spacial score (nSPS) is 13.3. The summed E-state index contributed by atoms with van der Waals surface area (Å²) in [5.41, 5.74) is 2.36. The van der Waals surface area contributed by atoms with Crippen LogP contribution >= 0.6 is 22.7 Å². The Kier molecular flexibility index (Phi) is 3.74. The number of hydrogen-bond donors (Lipinski definition) is 0. The van der Waals surface area contributed by atoms with Gasteiger partial charge in [-0.25, -0.2) is 4.90 Å². The molecule has 27 heavy (non-hydrogen) atoms. The molecule has 0 bridgehead atoms. The second-order valence-corrected chi connectivity index (χ2v) is 8.08. The third-order valence-corrected chi connectivity index (χ3v) is 6.66. The van der Waals surface area contributed by atoms with Crippen molar-refractivity contribution in [3.05, 3.63) is 83.5 Å². The van der Waals surface area contributed by atoms with Gasteiger partial charge in [0.2, 0.25) is 0 Å². The molecular weight excluding hydrogens is 376 g/mol. The molecule has 0 fully saturated rings. The first-order valence-electron chi connectivity index (χ1n) is 8.29. The Morgan fingerprint density at radius 1 is 0.778 bits per heavy atom. The molecule has 4 heterocycles. The van der Waals surface area contributed by atoms with E-state index in [0.717, 1.165) is 10.4 Å². The molecule has 5 rings (SSSR count). The summed E-state index contributed by atoms with van der Waals surface area (Å²) in [6.07, 6.45) is 3.14. The molecule has 0 N–H and O–H groups in total. The number of amides is 2. The van der Waals surface area contributed by atoms with Crippen LogP contribution < -0.4 is 4.90 Å². The summed E-state index contributed by atoms with van der Waals surface area (Å²) in [6.45, 7) is 0. The molecule has 4 nitrogen and oxygen atoms in total. The fourth-order valence-corrected chi connectivity index (χ4v) is 5.00. The van der Waals surface area contributed by atoms with Crippen LogP contribution in [0.2, 0.25) is 0 Å². The van der Waals surface area contributed by atoms with Crippen LogP contribution in [-0.2, 0) is 0 Å². The van der Waals surface area contributed by atoms with E-state index in [1.54, 1.807) is 53.3 Å². The molecule has 0 saturated carbocycles. The predicted molar refractivity (Wildman–Crippen MR) is 108 cm³/mol. The molecule has 3 aromatic heterocycles. The number of aromatic nitrogens is 1. The van der Waals surface area contributed by atoms with E-state index in [1.807, 2.05) is 18.2 Å². The highest BCUT2D eigenvalue weighted by Gasteiger charge is 2.36. The van der Waals surface area contributed by atoms with Gasteiger partial charge in [0, 0.05) is 27.0 Å². The molecule has 0 unspecified atom stereocenters. The van der Waals surface area contributed by atoms with Crippen molar-refractivity contribution in [2.75, 3.05) is 4.90 Å². The molecule has 0 atom stereocenters. The van der Waals surface area contributed by atoms with E-state index >= 15 is 0 Å². The van der Waals surface area contributed by atoms with E-state index in [2.05, 4.69) is 28.6 Å². The minimum absolute atomic E-state index is 0.293. The summed E-state index contributed by atoms with van der Waals surface area (Å²) >= 11 is 3.38. The summed E-state index contributed by atoms with van der Waals surface area (Å²) in [5, 5.41) is 2.06. The number of nitrogens with zero attached hydrogens (tertiary/aromatic N) is 2. The lowest BCUT2D eigenvalue weighted by Crippen LogP contribution is -2.29. The smallest absolute Gasteiger partial charge is 0.266 e. The molecule has 0 radical (unpaired) electrons. The van der Waals surface area contributed by atoms with E-state index in [9.17, 15) is 9.59 Å². The van der Waals surface area contributed by atoms with Gasteiger partial charge < -0.3 is 0 Å². The van der Waals surface area contributed by atoms with Crippen molar-refractivity contribution in [2.24, 2.45) is 0 Å². The fraction of sp³-hybridized carbons (Fsp3) is 0. The minimum Gasteiger partial charge on any atom is -0.268 e. The number of fused-ring (bicyclic) bond motifs is 1. The van der Waals surface area contributed by atoms with E-state index in [-0.39, 0.29) is 11.8 Å². The summed E-state index contributed by atoms with van der Waals surface area (Å²) in [4.78, 5) is 34.2. The van der Waals surface area contributed by atoms with Gasteiger partial charge in [0.05, 0.1) is 16.8 Å². The van der Waals surface area contributed by atoms with Crippen molar-refractivity contribution < 1.29 is 9.59 Å². The van der Waals surface area contributed by atoms with Crippen LogP contribution in [0.25, 0.3) is 20.2 Å². The highest BCUT2D eigenvalue weighted by atomic mass is 32.1. The summed E-state index contributed by atoms with van der Waals surface area (Å²) in [7, 11) is 0. The second-order valence-electron chi connectivity index (χ2n) is 6.05. The quantitative estimate of drug-likeness (QED) is 0.445. The third kappa shape index (κ3) is 2.61. The average Bonchev–Trinajstić information content (AvgIpc) is 3.43. The molecule has 4 aromatic rings. The number of hydrogen-bond acceptors (Lipinski definition) is 5. The number of thiophene rings is 2. The lowest BCUT2D eigenvalue weighted by Gasteiger charge is -2.12. The SMILES string of the molecule is O=C1c2ccc(-c3ccc(-c4cccs4)s3)cc2C(=O)N1c1ccncc1. The number of rotatable bonds is 3. The summed E-state index contributed by atoms with van der Waals surface area (Å²) in [5.74, 6) is -0.587. The zero-order chi connectivity index (χ0) is 18.4. The van der Waals surface area contributed by atoms with E-state index in [4.69, 9.17) is 0 Å². The van der Waals surface area contributed by atoms with Crippen molar-refractivity contribution in [1.82, 2.24) is 4.98 Å². The lowest BCUT2D eigenvalue weighted by atomic mass is 10.0. The molecule has 1 aliphatic rings. The number of pyridine rings is 1. The minimum atomic E-state index is -0.293. The molecular formula is C21H12N2O2S2. The van der Waals surface area contributed by atoms with Crippen LogP contribution in [0, 0.1) is 0 Å². The molecule has 0 spiro atoms. The van der Waals surface area contributed by atoms with Gasteiger partial charge in [-0.15, -0.1) is 22.7 Å². The van der Waals surface area contributed by atoms with Gasteiger partial charge in [-0.05, 0) is 53.4 Å². The van der Waals surface area contributed by atoms with E-state index < -0.39 is 0 Å². The fourth-order valence-electron chi connectivity index (χ4n) is 3.17. The van der Waals surface area contributed by atoms with Crippen LogP contribution in [0.15, 0.2) is 72.4 Å². The summed E-state index contributed by atoms with van der Waals surface area (Å²) < 4.78 is 0. The van der Waals surface area contributed by atoms with E-state index in [0.29, 0.717) is 16.8 Å². The highest BCUT2D eigenvalue weighted by Crippen LogP contribution is 2.38. The number of carbonyl (C=O) groups is 2. The Morgan fingerprint density at radius 2 is 1.56 bits per heavy atom. The van der Waals surface area contributed by atoms with Crippen LogP contribution in [0.4, 0.5) is 5.69 Å². The van der Waals surface area contributed by atoms with Gasteiger partial charge in [-0.3, -0.25) is 14.6 Å². The van der Waals surface area contributed by atoms with Gasteiger partial charge in [-0.1, -0.05) is 12.1 Å². The van der Waals surface area contributed by atoms with E-state index in [1.165, 1.54) is 14.7 Å². The Balaban J connectivity index is 1.53. The summed E-state index contributed by atoms with van der Waals surface area (Å²) in [6, 6.07) is 17.1. The largest absolute Gasteiger partial charge is 0.268 e. The van der Waals surface area contributed by atoms with Gasteiger partial charge in [0.25, 0.3) is 11.8 Å². The van der Waals surface area contributed by atoms with Gasteiger partial charge in [0.15, 0.2) is 0 Å². The van der Waals surface area contributed by atoms with Crippen molar-refractivity contribution in [3.8, 4) is 20.2 Å². The standard InChI is InChI=1S/C21H12N2O2S2/c24-20-15-4-3-13(17-5-6-19(27-17)18-2-1-11-26-18)12-16(15)21(25)23(20)14-7-9-22-10-8-14/h1-12H. The van der Waals surface area contributed by atoms with Crippen molar-refractivity contribution >= 4 is 40.2 Å². The molecule has 0 saturated heterocycles. The van der Waals surface area contributed by atoms with Crippen LogP contribution in [-0.4, -0.2) is 16.8 Å². The first-order valence-corrected chi connectivity index (χ1v) is 9.99. The molecule has 2 amide bonds. The number of carbonyl (C=O) groups excluding carboxylic acids is 2. The third-order valence-electron chi connectivity index (χ3n) is 4.46. The Hall–Kier alpha value is -3.09. The van der Waals surface area contributed by atoms with Gasteiger partial charge >= 0.3 is 0 Å². The Morgan fingerprint density at radius 3 is 2.33 bits per heavy atom. The monoisotopic (exact) mass is 388 g/mol. The molecule has 1 aromatic carbocycles. The zero-order valence-corrected chi connectivity index (χ0v) is 15.6. The number of anilines is 1. The number of benzene rings is 1. The molecule has 0 aliphatic carbocycles. The molecule has 6 heteroatoms. The topological polar surface area (TPSA) is 50.3 Å². The highest BCUT2D eigenvalue weighted by molar-refractivity contribution is 7.23. The van der Waals surface area contributed by atoms with Gasteiger partial charge in [0.1, 0.15) is 0 Å². The van der Waals surface area contributed by atoms with Crippen molar-refractivity contribution in [3.63, 3.8) is 0 Å². The number of imide groups is 1. The van der Waals surface area contributed by atoms with Crippen molar-refractivity contribution in [2.45, 2.75) is 0 Å². The second kappa shape index (κ2) is 6.26. The van der Waals surface area contributed by atoms with Crippen LogP contribution in [0.1, 0.15) is 20.7 Å². The lowest BCUT2D eigenvalue weighted by molar-refractivity contribution is 0.0926. The maximum Gasteiger partial charge on any atom is 0.266 e. The average molecular weight is 388 g/mol. The Labute approximate surface area is 163 Å². The first-order chi connectivity index (χ1) is 13.2. The van der Waals surface area contributed by atoms with Crippen LogP contribution in [0.3, 0.4) is 0 Å². The predicted octanol–water partition coefficient (Wildman–Crippen LogP) is 5.34. The molecule has 1 aliphatic heterocycles. The maximum atomic E-state index is 12.9. The maximum absolute atomic E-state index is 12.9.